The van der Waals surface area contributed by atoms with Crippen molar-refractivity contribution in [3.05, 3.63) is 222 Å². The molecule has 0 amide bonds. The number of benzene rings is 9. The lowest BCUT2D eigenvalue weighted by Gasteiger charge is -2.29. The van der Waals surface area contributed by atoms with Crippen molar-refractivity contribution in [2.45, 2.75) is 44.9 Å². The molecule has 1 heteroatoms. The minimum atomic E-state index is -0.120. The van der Waals surface area contributed by atoms with Crippen molar-refractivity contribution in [3.8, 4) is 44.5 Å². The van der Waals surface area contributed by atoms with Crippen molar-refractivity contribution in [2.75, 3.05) is 4.90 Å². The Balaban J connectivity index is 1.22. The molecule has 62 heavy (non-hydrogen) atoms. The fourth-order valence-corrected chi connectivity index (χ4v) is 10.9. The highest BCUT2D eigenvalue weighted by Crippen LogP contribution is 2.53. The molecular formula is C61H47N. The molecule has 0 fully saturated rings. The second-order valence-corrected chi connectivity index (χ2v) is 17.8. The predicted molar refractivity (Wildman–Crippen MR) is 265 cm³/mol. The van der Waals surface area contributed by atoms with E-state index in [0.29, 0.717) is 0 Å². The highest BCUT2D eigenvalue weighted by Gasteiger charge is 2.35. The van der Waals surface area contributed by atoms with Crippen LogP contribution in [-0.2, 0) is 11.8 Å². The van der Waals surface area contributed by atoms with Crippen molar-refractivity contribution in [1.82, 2.24) is 0 Å². The second-order valence-electron chi connectivity index (χ2n) is 17.8. The van der Waals surface area contributed by atoms with Crippen LogP contribution in [0.15, 0.2) is 200 Å². The van der Waals surface area contributed by atoms with Crippen LogP contribution in [0.25, 0.3) is 82.9 Å². The number of para-hydroxylation sites is 1. The Hall–Kier alpha value is -7.22. The fourth-order valence-electron chi connectivity index (χ4n) is 10.9. The molecule has 0 bridgehead atoms. The van der Waals surface area contributed by atoms with Crippen LogP contribution in [0.1, 0.15) is 55.4 Å². The van der Waals surface area contributed by atoms with E-state index in [1.54, 1.807) is 0 Å². The van der Waals surface area contributed by atoms with E-state index in [0.717, 1.165) is 25.7 Å². The van der Waals surface area contributed by atoms with Crippen molar-refractivity contribution in [1.29, 1.82) is 0 Å². The number of anilines is 2. The summed E-state index contributed by atoms with van der Waals surface area (Å²) in [7, 11) is 0. The molecule has 1 nitrogen and oxygen atoms in total. The van der Waals surface area contributed by atoms with E-state index < -0.39 is 0 Å². The first-order valence-corrected chi connectivity index (χ1v) is 22.3. The van der Waals surface area contributed by atoms with Crippen molar-refractivity contribution in [3.63, 3.8) is 0 Å². The van der Waals surface area contributed by atoms with E-state index in [9.17, 15) is 0 Å². The van der Waals surface area contributed by atoms with Crippen molar-refractivity contribution >= 4 is 49.8 Å². The van der Waals surface area contributed by atoms with Crippen LogP contribution in [0.4, 0.5) is 11.4 Å². The van der Waals surface area contributed by atoms with Gasteiger partial charge in [0.15, 0.2) is 0 Å². The van der Waals surface area contributed by atoms with Crippen molar-refractivity contribution < 1.29 is 0 Å². The Morgan fingerprint density at radius 3 is 2.02 bits per heavy atom. The summed E-state index contributed by atoms with van der Waals surface area (Å²) >= 11 is 0. The van der Waals surface area contributed by atoms with E-state index >= 15 is 0 Å². The number of rotatable bonds is 6. The third kappa shape index (κ3) is 5.76. The van der Waals surface area contributed by atoms with Gasteiger partial charge in [0.05, 0.1) is 0 Å². The number of aryl methyl sites for hydroxylation is 1. The zero-order chi connectivity index (χ0) is 41.4. The molecule has 296 valence electrons. The molecule has 0 spiro atoms. The van der Waals surface area contributed by atoms with Crippen LogP contribution < -0.4 is 4.90 Å². The summed E-state index contributed by atoms with van der Waals surface area (Å²) in [6.45, 7) is 4.79. The standard InChI is InChI=1S/C61H47N/c1-61(2)56-29-17-16-27-49(56)50-34-32-43(37-57(50)61)54-39-53(41-19-6-3-7-20-41)58(44-31-30-40-18-12-13-21-42(40)36-44)60-51-28-15-14-26-48(51)55-38-47(33-35-52(55)59(54)60)62(45-22-8-4-9-23-45)46-24-10-5-11-25-46/h3-10,12,14-20,22-24,26-39H,11,13,21,25H2,1-2H3. The molecule has 0 unspecified atom stereocenters. The maximum atomic E-state index is 2.53. The Morgan fingerprint density at radius 2 is 1.18 bits per heavy atom. The minimum absolute atomic E-state index is 0.120. The quantitative estimate of drug-likeness (QED) is 0.152. The monoisotopic (exact) mass is 793 g/mol. The number of fused-ring (bicyclic) bond motifs is 10. The van der Waals surface area contributed by atoms with E-state index in [-0.39, 0.29) is 5.41 Å². The van der Waals surface area contributed by atoms with Gasteiger partial charge in [-0.3, -0.25) is 0 Å². The van der Waals surface area contributed by atoms with Gasteiger partial charge in [-0.1, -0.05) is 172 Å². The molecule has 0 saturated heterocycles. The zero-order valence-electron chi connectivity index (χ0n) is 35.3. The van der Waals surface area contributed by atoms with Crippen LogP contribution >= 0.6 is 0 Å². The van der Waals surface area contributed by atoms with Gasteiger partial charge in [0.2, 0.25) is 0 Å². The molecule has 0 heterocycles. The molecule has 3 aliphatic carbocycles. The summed E-state index contributed by atoms with van der Waals surface area (Å²) in [4.78, 5) is 2.47. The summed E-state index contributed by atoms with van der Waals surface area (Å²) in [5.74, 6) is 0. The van der Waals surface area contributed by atoms with Gasteiger partial charge in [-0.05, 0) is 167 Å². The third-order valence-electron chi connectivity index (χ3n) is 13.9. The lowest BCUT2D eigenvalue weighted by molar-refractivity contribution is 0.660. The van der Waals surface area contributed by atoms with Gasteiger partial charge in [-0.2, -0.15) is 0 Å². The topological polar surface area (TPSA) is 3.24 Å². The first kappa shape index (κ1) is 36.6. The lowest BCUT2D eigenvalue weighted by Crippen LogP contribution is -2.17. The molecule has 0 aliphatic heterocycles. The Morgan fingerprint density at radius 1 is 0.452 bits per heavy atom. The van der Waals surface area contributed by atoms with Gasteiger partial charge in [0.1, 0.15) is 0 Å². The van der Waals surface area contributed by atoms with Gasteiger partial charge in [-0.15, -0.1) is 0 Å². The summed E-state index contributed by atoms with van der Waals surface area (Å²) in [5, 5.41) is 7.70. The molecule has 0 aromatic heterocycles. The van der Waals surface area contributed by atoms with E-state index in [4.69, 9.17) is 0 Å². The molecule has 3 aliphatic rings. The maximum absolute atomic E-state index is 2.53. The van der Waals surface area contributed by atoms with Gasteiger partial charge >= 0.3 is 0 Å². The molecule has 9 aromatic carbocycles. The molecule has 0 radical (unpaired) electrons. The molecular weight excluding hydrogens is 747 g/mol. The lowest BCUT2D eigenvalue weighted by atomic mass is 9.79. The van der Waals surface area contributed by atoms with E-state index in [2.05, 4.69) is 219 Å². The highest BCUT2D eigenvalue weighted by molar-refractivity contribution is 6.33. The largest absolute Gasteiger partial charge is 0.314 e. The number of hydrogen-bond acceptors (Lipinski definition) is 1. The van der Waals surface area contributed by atoms with Crippen LogP contribution in [0.3, 0.4) is 0 Å². The summed E-state index contributed by atoms with van der Waals surface area (Å²) < 4.78 is 0. The van der Waals surface area contributed by atoms with Gasteiger partial charge in [0, 0.05) is 22.5 Å². The average molecular weight is 794 g/mol. The van der Waals surface area contributed by atoms with Crippen LogP contribution in [0, 0.1) is 0 Å². The zero-order valence-corrected chi connectivity index (χ0v) is 35.3. The Labute approximate surface area is 364 Å². The third-order valence-corrected chi connectivity index (χ3v) is 13.9. The minimum Gasteiger partial charge on any atom is -0.314 e. The molecule has 0 atom stereocenters. The van der Waals surface area contributed by atoms with Gasteiger partial charge < -0.3 is 4.90 Å². The number of allylic oxidation sites excluding steroid dienone is 5. The first-order chi connectivity index (χ1) is 30.5. The number of nitrogens with zero attached hydrogens (tertiary/aromatic N) is 1. The van der Waals surface area contributed by atoms with Gasteiger partial charge in [-0.25, -0.2) is 0 Å². The Kier molecular flexibility index (Phi) is 8.54. The predicted octanol–water partition coefficient (Wildman–Crippen LogP) is 16.8. The van der Waals surface area contributed by atoms with E-state index in [1.165, 1.54) is 116 Å². The highest BCUT2D eigenvalue weighted by atomic mass is 15.1. The fraction of sp³-hybridized carbons (Fsp3) is 0.115. The first-order valence-electron chi connectivity index (χ1n) is 22.3. The maximum Gasteiger partial charge on any atom is 0.0465 e. The van der Waals surface area contributed by atoms with Crippen LogP contribution in [0.2, 0.25) is 0 Å². The summed E-state index contributed by atoms with van der Waals surface area (Å²) in [6.07, 6.45) is 15.5. The number of hydrogen-bond donors (Lipinski definition) is 0. The molecule has 0 saturated carbocycles. The molecule has 0 N–H and O–H groups in total. The Bertz CT molecular complexity index is 3360. The normalized spacial score (nSPS) is 14.8. The van der Waals surface area contributed by atoms with Crippen LogP contribution in [0.5, 0.6) is 0 Å². The van der Waals surface area contributed by atoms with E-state index in [1.807, 2.05) is 0 Å². The molecule has 9 aromatic rings. The smallest absolute Gasteiger partial charge is 0.0465 e. The summed E-state index contributed by atoms with van der Waals surface area (Å²) in [5.41, 5.74) is 19.3. The summed E-state index contributed by atoms with van der Waals surface area (Å²) in [6, 6.07) is 64.4. The SMILES string of the molecule is CC1(C)c2ccccc2-c2ccc(-c3cc(-c4ccccc4)c(-c4ccc5c(c4)CCC=C5)c4c5ccccc5c5cc(N(C6=CC=CCC6)c6ccccc6)ccc5c34)cc21. The molecule has 12 rings (SSSR count). The average Bonchev–Trinajstić information content (AvgIpc) is 3.57. The van der Waals surface area contributed by atoms with Crippen molar-refractivity contribution in [2.24, 2.45) is 0 Å². The van der Waals surface area contributed by atoms with Gasteiger partial charge in [0.25, 0.3) is 0 Å². The second kappa shape index (κ2) is 14.5. The van der Waals surface area contributed by atoms with Crippen LogP contribution in [-0.4, -0.2) is 0 Å².